The summed E-state index contributed by atoms with van der Waals surface area (Å²) in [6.45, 7) is 8.07. The molecule has 0 saturated carbocycles. The molecule has 0 unspecified atom stereocenters. The number of fused-ring (bicyclic) bond motifs is 3. The van der Waals surface area contributed by atoms with Crippen LogP contribution in [0.1, 0.15) is 53.4 Å². The first-order valence-electron chi connectivity index (χ1n) is 12.6. The summed E-state index contributed by atoms with van der Waals surface area (Å²) in [5.41, 5.74) is 1.91. The fourth-order valence-electron chi connectivity index (χ4n) is 4.21. The first kappa shape index (κ1) is 29.4. The third-order valence-corrected chi connectivity index (χ3v) is 6.51. The number of aromatic nitrogens is 2. The standard InChI is InChI=1S/C18H11N2.C13H24O2.Ir/c1-2-7-14(8-3-1)18-19-12-15-11-10-13-6-4-5-9-16(13)17(15)20-18;1-5-10(6-2)12(14)9-13(15)11(7-3)8-4;/h1-7,9-12H;9-11,14H,5-8H2,1-4H3;/q-1;;. The topological polar surface area (TPSA) is 63.1 Å². The molecule has 1 heterocycles. The number of carbonyl (C=O) groups is 1. The van der Waals surface area contributed by atoms with Gasteiger partial charge < -0.3 is 5.11 Å². The van der Waals surface area contributed by atoms with Gasteiger partial charge in [-0.3, -0.25) is 14.8 Å². The van der Waals surface area contributed by atoms with Crippen LogP contribution < -0.4 is 0 Å². The maximum absolute atomic E-state index is 11.7. The number of nitrogens with zero attached hydrogens (tertiary/aromatic N) is 2. The second-order valence-corrected chi connectivity index (χ2v) is 8.69. The van der Waals surface area contributed by atoms with Gasteiger partial charge in [-0.05, 0) is 31.1 Å². The molecule has 5 heteroatoms. The van der Waals surface area contributed by atoms with Crippen molar-refractivity contribution >= 4 is 27.5 Å². The normalized spacial score (nSPS) is 11.3. The van der Waals surface area contributed by atoms with Crippen LogP contribution in [0.5, 0.6) is 0 Å². The molecule has 4 rings (SSSR count). The quantitative estimate of drug-likeness (QED) is 0.0899. The summed E-state index contributed by atoms with van der Waals surface area (Å²) in [5.74, 6) is 1.26. The van der Waals surface area contributed by atoms with Crippen molar-refractivity contribution in [1.82, 2.24) is 9.97 Å². The molecule has 0 fully saturated rings. The van der Waals surface area contributed by atoms with Crippen LogP contribution in [0, 0.1) is 17.9 Å². The number of hydrogen-bond donors (Lipinski definition) is 1. The number of hydrogen-bond acceptors (Lipinski definition) is 4. The van der Waals surface area contributed by atoms with Gasteiger partial charge in [-0.2, -0.15) is 0 Å². The SMILES string of the molecule is CCC(CC)C(=O)C=C(O)C(CC)CC.[Ir].[c-]1ccccc1-c1ncc2ccc3ccccc3c2n1. The molecule has 0 saturated heterocycles. The number of carbonyl (C=O) groups excluding carboxylic acids is 1. The molecule has 0 bridgehead atoms. The molecular formula is C31H35IrN2O2-. The molecule has 0 atom stereocenters. The Labute approximate surface area is 228 Å². The van der Waals surface area contributed by atoms with Crippen LogP contribution in [0.3, 0.4) is 0 Å². The number of benzene rings is 3. The van der Waals surface area contributed by atoms with Gasteiger partial charge in [0.2, 0.25) is 0 Å². The number of rotatable bonds is 8. The third kappa shape index (κ3) is 7.32. The van der Waals surface area contributed by atoms with Crippen molar-refractivity contribution in [3.63, 3.8) is 0 Å². The zero-order valence-corrected chi connectivity index (χ0v) is 23.9. The van der Waals surface area contributed by atoms with Gasteiger partial charge in [-0.1, -0.05) is 64.1 Å². The molecule has 0 aliphatic carbocycles. The van der Waals surface area contributed by atoms with Crippen LogP contribution in [0.2, 0.25) is 0 Å². The largest absolute Gasteiger partial charge is 0.512 e. The van der Waals surface area contributed by atoms with E-state index >= 15 is 0 Å². The first-order chi connectivity index (χ1) is 17.0. The molecule has 0 aliphatic heterocycles. The van der Waals surface area contributed by atoms with Crippen LogP contribution in [-0.4, -0.2) is 20.9 Å². The van der Waals surface area contributed by atoms with Crippen LogP contribution in [0.15, 0.2) is 78.7 Å². The Bertz CT molecular complexity index is 1280. The molecular weight excluding hydrogens is 625 g/mol. The maximum atomic E-state index is 11.7. The minimum Gasteiger partial charge on any atom is -0.512 e. The van der Waals surface area contributed by atoms with Crippen molar-refractivity contribution in [1.29, 1.82) is 0 Å². The van der Waals surface area contributed by atoms with Crippen molar-refractivity contribution < 1.29 is 30.0 Å². The molecule has 36 heavy (non-hydrogen) atoms. The molecule has 191 valence electrons. The van der Waals surface area contributed by atoms with Gasteiger partial charge in [-0.25, -0.2) is 0 Å². The minimum absolute atomic E-state index is 0. The zero-order chi connectivity index (χ0) is 25.2. The van der Waals surface area contributed by atoms with Crippen LogP contribution in [0.4, 0.5) is 0 Å². The van der Waals surface area contributed by atoms with Crippen molar-refractivity contribution in [2.45, 2.75) is 53.4 Å². The second kappa shape index (κ2) is 14.6. The Morgan fingerprint density at radius 1 is 0.889 bits per heavy atom. The summed E-state index contributed by atoms with van der Waals surface area (Å²) in [7, 11) is 0. The monoisotopic (exact) mass is 660 g/mol. The van der Waals surface area contributed by atoms with E-state index in [-0.39, 0.29) is 43.5 Å². The average molecular weight is 660 g/mol. The predicted molar refractivity (Wildman–Crippen MR) is 145 cm³/mol. The number of aliphatic hydroxyl groups is 1. The van der Waals surface area contributed by atoms with Gasteiger partial charge in [0, 0.05) is 55.0 Å². The Balaban J connectivity index is 0.000000260. The van der Waals surface area contributed by atoms with E-state index in [4.69, 9.17) is 4.98 Å². The van der Waals surface area contributed by atoms with Crippen LogP contribution in [0.25, 0.3) is 33.1 Å². The Morgan fingerprint density at radius 3 is 2.17 bits per heavy atom. The zero-order valence-electron chi connectivity index (χ0n) is 21.5. The van der Waals surface area contributed by atoms with Crippen LogP contribution in [-0.2, 0) is 24.9 Å². The molecule has 0 aliphatic rings. The molecule has 0 spiro atoms. The van der Waals surface area contributed by atoms with Gasteiger partial charge >= 0.3 is 0 Å². The molecule has 4 nitrogen and oxygen atoms in total. The van der Waals surface area contributed by atoms with Crippen molar-refractivity contribution in [2.75, 3.05) is 0 Å². The van der Waals surface area contributed by atoms with Gasteiger partial charge in [0.05, 0.1) is 17.1 Å². The van der Waals surface area contributed by atoms with E-state index < -0.39 is 0 Å². The summed E-state index contributed by atoms with van der Waals surface area (Å²) < 4.78 is 0. The minimum atomic E-state index is 0. The first-order valence-corrected chi connectivity index (χ1v) is 12.6. The number of aliphatic hydroxyl groups excluding tert-OH is 1. The van der Waals surface area contributed by atoms with E-state index in [1.807, 2.05) is 70.3 Å². The average Bonchev–Trinajstić information content (AvgIpc) is 2.90. The van der Waals surface area contributed by atoms with Crippen molar-refractivity contribution in [2.24, 2.45) is 11.8 Å². The van der Waals surface area contributed by atoms with Gasteiger partial charge in [0.25, 0.3) is 0 Å². The summed E-state index contributed by atoms with van der Waals surface area (Å²) in [5, 5.41) is 13.2. The molecule has 0 amide bonds. The van der Waals surface area contributed by atoms with Crippen LogP contribution >= 0.6 is 0 Å². The van der Waals surface area contributed by atoms with Crippen molar-refractivity contribution in [3.8, 4) is 11.4 Å². The summed E-state index contributed by atoms with van der Waals surface area (Å²) in [6.07, 6.45) is 6.79. The van der Waals surface area contributed by atoms with E-state index in [9.17, 15) is 9.90 Å². The predicted octanol–water partition coefficient (Wildman–Crippen LogP) is 8.12. The van der Waals surface area contributed by atoms with E-state index in [2.05, 4.69) is 35.3 Å². The van der Waals surface area contributed by atoms with Gasteiger partial charge in [0.1, 0.15) is 0 Å². The van der Waals surface area contributed by atoms with Crippen molar-refractivity contribution in [3.05, 3.63) is 84.8 Å². The summed E-state index contributed by atoms with van der Waals surface area (Å²) >= 11 is 0. The molecule has 1 N–H and O–H groups in total. The van der Waals surface area contributed by atoms with Gasteiger partial charge in [0.15, 0.2) is 5.78 Å². The van der Waals surface area contributed by atoms with E-state index in [1.54, 1.807) is 0 Å². The second-order valence-electron chi connectivity index (χ2n) is 8.69. The fraction of sp³-hybridized carbons (Fsp3) is 0.323. The number of allylic oxidation sites excluding steroid dienone is 2. The van der Waals surface area contributed by atoms with Gasteiger partial charge in [-0.15, -0.1) is 35.9 Å². The molecule has 4 aromatic rings. The van der Waals surface area contributed by atoms with E-state index in [0.29, 0.717) is 0 Å². The third-order valence-electron chi connectivity index (χ3n) is 6.51. The molecule has 3 aromatic carbocycles. The van der Waals surface area contributed by atoms with E-state index in [0.717, 1.165) is 53.4 Å². The summed E-state index contributed by atoms with van der Waals surface area (Å²) in [6, 6.07) is 23.4. The Kier molecular flexibility index (Phi) is 11.9. The number of ketones is 1. The van der Waals surface area contributed by atoms with E-state index in [1.165, 1.54) is 11.5 Å². The molecule has 1 aromatic heterocycles. The Hall–Kier alpha value is -2.88. The summed E-state index contributed by atoms with van der Waals surface area (Å²) in [4.78, 5) is 20.9. The smallest absolute Gasteiger partial charge is 0.162 e. The maximum Gasteiger partial charge on any atom is 0.162 e. The fourth-order valence-corrected chi connectivity index (χ4v) is 4.21. The Morgan fingerprint density at radius 2 is 1.53 bits per heavy atom. The molecule has 1 radical (unpaired) electrons.